The Morgan fingerprint density at radius 1 is 1.31 bits per heavy atom. The van der Waals surface area contributed by atoms with Crippen LogP contribution in [-0.4, -0.2) is 9.78 Å². The third-order valence-electron chi connectivity index (χ3n) is 2.50. The maximum Gasteiger partial charge on any atom is 0.311 e. The van der Waals surface area contributed by atoms with Crippen LogP contribution in [0.25, 0.3) is 21.9 Å². The molecule has 0 saturated carbocycles. The van der Waals surface area contributed by atoms with Crippen LogP contribution < -0.4 is 5.56 Å². The van der Waals surface area contributed by atoms with Crippen molar-refractivity contribution in [2.45, 2.75) is 6.00 Å². The highest BCUT2D eigenvalue weighted by Crippen LogP contribution is 2.25. The molecule has 0 atom stereocenters. The molecule has 3 rings (SSSR count). The van der Waals surface area contributed by atoms with Gasteiger partial charge < -0.3 is 4.42 Å². The molecule has 5 heteroatoms. The van der Waals surface area contributed by atoms with Gasteiger partial charge in [0.05, 0.1) is 11.6 Å². The van der Waals surface area contributed by atoms with Crippen molar-refractivity contribution in [3.8, 4) is 0 Å². The lowest BCUT2D eigenvalue weighted by Gasteiger charge is -1.96. The summed E-state index contributed by atoms with van der Waals surface area (Å²) < 4.78 is 6.65. The summed E-state index contributed by atoms with van der Waals surface area (Å²) in [7, 11) is 0. The van der Waals surface area contributed by atoms with Gasteiger partial charge in [-0.15, -0.1) is 11.6 Å². The van der Waals surface area contributed by atoms with Crippen molar-refractivity contribution in [1.82, 2.24) is 9.78 Å². The van der Waals surface area contributed by atoms with Crippen molar-refractivity contribution in [1.29, 1.82) is 0 Å². The zero-order valence-electron chi connectivity index (χ0n) is 8.18. The van der Waals surface area contributed by atoms with Crippen LogP contribution in [0.4, 0.5) is 0 Å². The van der Waals surface area contributed by atoms with E-state index in [4.69, 9.17) is 16.0 Å². The Kier molecular flexibility index (Phi) is 1.97. The van der Waals surface area contributed by atoms with E-state index in [1.807, 2.05) is 24.3 Å². The van der Waals surface area contributed by atoms with Gasteiger partial charge in [-0.25, -0.2) is 4.68 Å². The lowest BCUT2D eigenvalue weighted by atomic mass is 10.2. The molecule has 0 saturated heterocycles. The quantitative estimate of drug-likeness (QED) is 0.607. The van der Waals surface area contributed by atoms with E-state index in [2.05, 4.69) is 5.10 Å². The second-order valence-corrected chi connectivity index (χ2v) is 3.65. The van der Waals surface area contributed by atoms with Crippen molar-refractivity contribution in [2.75, 3.05) is 0 Å². The van der Waals surface area contributed by atoms with Gasteiger partial charge in [-0.3, -0.25) is 4.79 Å². The first-order chi connectivity index (χ1) is 7.81. The molecule has 16 heavy (non-hydrogen) atoms. The van der Waals surface area contributed by atoms with Crippen molar-refractivity contribution in [3.05, 3.63) is 40.8 Å². The Morgan fingerprint density at radius 2 is 2.12 bits per heavy atom. The molecule has 3 aromatic rings. The van der Waals surface area contributed by atoms with Crippen LogP contribution in [0.2, 0.25) is 0 Å². The fourth-order valence-corrected chi connectivity index (χ4v) is 1.90. The van der Waals surface area contributed by atoms with Gasteiger partial charge in [-0.2, -0.15) is 5.10 Å². The highest BCUT2D eigenvalue weighted by molar-refractivity contribution is 6.15. The number of alkyl halides is 1. The van der Waals surface area contributed by atoms with E-state index >= 15 is 0 Å². The third-order valence-corrected chi connectivity index (χ3v) is 2.73. The molecule has 1 aromatic carbocycles. The summed E-state index contributed by atoms with van der Waals surface area (Å²) in [6, 6.07) is 7.49. The van der Waals surface area contributed by atoms with Gasteiger partial charge in [0.25, 0.3) is 0 Å². The summed E-state index contributed by atoms with van der Waals surface area (Å²) in [4.78, 5) is 11.9. The molecule has 0 unspecified atom stereocenters. The van der Waals surface area contributed by atoms with E-state index in [0.29, 0.717) is 11.2 Å². The lowest BCUT2D eigenvalue weighted by Crippen LogP contribution is -2.20. The first kappa shape index (κ1) is 9.42. The summed E-state index contributed by atoms with van der Waals surface area (Å²) in [6.45, 7) is 0. The highest BCUT2D eigenvalue weighted by atomic mass is 35.5. The van der Waals surface area contributed by atoms with Gasteiger partial charge >= 0.3 is 5.56 Å². The monoisotopic (exact) mass is 234 g/mol. The molecule has 0 aliphatic rings. The van der Waals surface area contributed by atoms with Gasteiger partial charge in [0.2, 0.25) is 5.58 Å². The standard InChI is InChI=1S/C11H7ClN2O2/c12-6-14-11(15)10-8(5-13-14)7-3-1-2-4-9(7)16-10/h1-5H,6H2. The predicted molar refractivity (Wildman–Crippen MR) is 61.6 cm³/mol. The third kappa shape index (κ3) is 1.17. The fourth-order valence-electron chi connectivity index (χ4n) is 1.73. The Morgan fingerprint density at radius 3 is 2.94 bits per heavy atom. The molecule has 0 fully saturated rings. The summed E-state index contributed by atoms with van der Waals surface area (Å²) in [5.74, 6) is 0. The topological polar surface area (TPSA) is 48.0 Å². The van der Waals surface area contributed by atoms with E-state index in [0.717, 1.165) is 15.5 Å². The van der Waals surface area contributed by atoms with Crippen LogP contribution in [-0.2, 0) is 6.00 Å². The largest absolute Gasteiger partial charge is 0.450 e. The van der Waals surface area contributed by atoms with Crippen molar-refractivity contribution in [2.24, 2.45) is 0 Å². The van der Waals surface area contributed by atoms with Gasteiger partial charge in [-0.05, 0) is 6.07 Å². The Labute approximate surface area is 95.0 Å². The molecule has 0 aliphatic carbocycles. The molecule has 0 bridgehead atoms. The Bertz CT molecular complexity index is 730. The van der Waals surface area contributed by atoms with E-state index < -0.39 is 0 Å². The molecule has 2 aromatic heterocycles. The molecule has 0 aliphatic heterocycles. The van der Waals surface area contributed by atoms with Crippen LogP contribution in [0.3, 0.4) is 0 Å². The van der Waals surface area contributed by atoms with E-state index in [-0.39, 0.29) is 11.6 Å². The molecule has 4 nitrogen and oxygen atoms in total. The SMILES string of the molecule is O=c1c2oc3ccccc3c2cnn1CCl. The fraction of sp³-hybridized carbons (Fsp3) is 0.0909. The second kappa shape index (κ2) is 3.35. The van der Waals surface area contributed by atoms with Crippen molar-refractivity contribution >= 4 is 33.5 Å². The molecular weight excluding hydrogens is 228 g/mol. The number of nitrogens with zero attached hydrogens (tertiary/aromatic N) is 2. The van der Waals surface area contributed by atoms with Gasteiger partial charge in [0.1, 0.15) is 11.6 Å². The van der Waals surface area contributed by atoms with Crippen LogP contribution in [0.15, 0.2) is 39.7 Å². The predicted octanol–water partition coefficient (Wildman–Crippen LogP) is 2.34. The van der Waals surface area contributed by atoms with Crippen molar-refractivity contribution < 1.29 is 4.42 Å². The van der Waals surface area contributed by atoms with Gasteiger partial charge in [-0.1, -0.05) is 18.2 Å². The number of benzene rings is 1. The smallest absolute Gasteiger partial charge is 0.311 e. The number of hydrogen-bond acceptors (Lipinski definition) is 3. The minimum atomic E-state index is -0.302. The molecular formula is C11H7ClN2O2. The number of aromatic nitrogens is 2. The number of hydrogen-bond donors (Lipinski definition) is 0. The maximum atomic E-state index is 11.9. The number of fused-ring (bicyclic) bond motifs is 3. The minimum Gasteiger partial charge on any atom is -0.450 e. The van der Waals surface area contributed by atoms with E-state index in [9.17, 15) is 4.79 Å². The number of halogens is 1. The van der Waals surface area contributed by atoms with Crippen LogP contribution in [0.5, 0.6) is 0 Å². The van der Waals surface area contributed by atoms with Crippen LogP contribution in [0, 0.1) is 0 Å². The number of rotatable bonds is 1. The van der Waals surface area contributed by atoms with Crippen LogP contribution >= 0.6 is 11.6 Å². The number of para-hydroxylation sites is 1. The van der Waals surface area contributed by atoms with Gasteiger partial charge in [0.15, 0.2) is 0 Å². The number of furan rings is 1. The normalized spacial score (nSPS) is 11.3. The molecule has 0 radical (unpaired) electrons. The Hall–Kier alpha value is -1.81. The van der Waals surface area contributed by atoms with Crippen LogP contribution in [0.1, 0.15) is 0 Å². The molecule has 0 spiro atoms. The highest BCUT2D eigenvalue weighted by Gasteiger charge is 2.11. The zero-order chi connectivity index (χ0) is 11.1. The van der Waals surface area contributed by atoms with E-state index in [1.165, 1.54) is 0 Å². The summed E-state index contributed by atoms with van der Waals surface area (Å²) in [5.41, 5.74) is 0.685. The molecule has 2 heterocycles. The maximum absolute atomic E-state index is 11.9. The first-order valence-electron chi connectivity index (χ1n) is 4.74. The summed E-state index contributed by atoms with van der Waals surface area (Å²) in [5, 5.41) is 5.58. The minimum absolute atomic E-state index is 0.0197. The molecule has 80 valence electrons. The molecule has 0 amide bonds. The van der Waals surface area contributed by atoms with E-state index in [1.54, 1.807) is 6.20 Å². The lowest BCUT2D eigenvalue weighted by molar-refractivity contribution is 0.630. The van der Waals surface area contributed by atoms with Crippen molar-refractivity contribution in [3.63, 3.8) is 0 Å². The summed E-state index contributed by atoms with van der Waals surface area (Å²) in [6.07, 6.45) is 1.60. The second-order valence-electron chi connectivity index (χ2n) is 3.41. The average molecular weight is 235 g/mol. The molecule has 0 N–H and O–H groups in total. The average Bonchev–Trinajstić information content (AvgIpc) is 2.69. The Balaban J connectivity index is 2.55. The summed E-state index contributed by atoms with van der Waals surface area (Å²) >= 11 is 5.59. The first-order valence-corrected chi connectivity index (χ1v) is 5.28. The van der Waals surface area contributed by atoms with Gasteiger partial charge in [0, 0.05) is 5.39 Å². The zero-order valence-corrected chi connectivity index (χ0v) is 8.94.